The minimum Gasteiger partial charge on any atom is -0.491 e. The largest absolute Gasteiger partial charge is 0.491 e. The van der Waals surface area contributed by atoms with Gasteiger partial charge in [-0.1, -0.05) is 6.92 Å². The second kappa shape index (κ2) is 6.26. The van der Waals surface area contributed by atoms with Crippen molar-refractivity contribution in [2.75, 3.05) is 19.7 Å². The number of alkyl halides is 3. The van der Waals surface area contributed by atoms with E-state index in [1.165, 1.54) is 6.07 Å². The van der Waals surface area contributed by atoms with Crippen molar-refractivity contribution < 1.29 is 17.9 Å². The van der Waals surface area contributed by atoms with Crippen molar-refractivity contribution in [1.29, 1.82) is 5.26 Å². The Morgan fingerprint density at radius 2 is 2.11 bits per heavy atom. The highest BCUT2D eigenvalue weighted by Crippen LogP contribution is 2.32. The topological polar surface area (TPSA) is 45.0 Å². The molecule has 6 heteroatoms. The number of nitriles is 1. The number of benzene rings is 1. The van der Waals surface area contributed by atoms with Gasteiger partial charge in [-0.3, -0.25) is 0 Å². The molecule has 0 atom stereocenters. The summed E-state index contributed by atoms with van der Waals surface area (Å²) in [6, 6.07) is 4.58. The highest BCUT2D eigenvalue weighted by molar-refractivity contribution is 5.46. The maximum absolute atomic E-state index is 12.4. The van der Waals surface area contributed by atoms with Crippen LogP contribution in [0.2, 0.25) is 0 Å². The first kappa shape index (κ1) is 14.3. The predicted octanol–water partition coefficient (Wildman–Crippen LogP) is 2.57. The lowest BCUT2D eigenvalue weighted by atomic mass is 10.1. The predicted molar refractivity (Wildman–Crippen MR) is 60.2 cm³/mol. The molecule has 0 saturated carbocycles. The van der Waals surface area contributed by atoms with Gasteiger partial charge in [-0.25, -0.2) is 0 Å². The average molecular weight is 258 g/mol. The number of ether oxygens (including phenoxy) is 1. The maximum Gasteiger partial charge on any atom is 0.416 e. The van der Waals surface area contributed by atoms with Gasteiger partial charge in [0.1, 0.15) is 18.4 Å². The number of hydrogen-bond acceptors (Lipinski definition) is 3. The lowest BCUT2D eigenvalue weighted by Crippen LogP contribution is -2.20. The van der Waals surface area contributed by atoms with Gasteiger partial charge in [-0.05, 0) is 24.7 Å². The van der Waals surface area contributed by atoms with Crippen molar-refractivity contribution in [1.82, 2.24) is 5.32 Å². The van der Waals surface area contributed by atoms with Crippen molar-refractivity contribution in [3.8, 4) is 11.8 Å². The lowest BCUT2D eigenvalue weighted by molar-refractivity contribution is -0.137. The average Bonchev–Trinajstić information content (AvgIpc) is 2.33. The summed E-state index contributed by atoms with van der Waals surface area (Å²) in [5.74, 6) is 0.170. The fraction of sp³-hybridized carbons (Fsp3) is 0.417. The van der Waals surface area contributed by atoms with Gasteiger partial charge in [0.05, 0.1) is 11.1 Å². The molecule has 1 rings (SSSR count). The van der Waals surface area contributed by atoms with E-state index in [9.17, 15) is 13.2 Å². The van der Waals surface area contributed by atoms with Gasteiger partial charge in [0.15, 0.2) is 0 Å². The standard InChI is InChI=1S/C12H13F3N2O/c1-2-17-5-6-18-11-4-3-10(12(13,14)15)7-9(11)8-16/h3-4,7,17H,2,5-6H2,1H3. The Kier molecular flexibility index (Phi) is 4.98. The normalized spacial score (nSPS) is 11.1. The summed E-state index contributed by atoms with van der Waals surface area (Å²) < 4.78 is 42.5. The van der Waals surface area contributed by atoms with Crippen LogP contribution >= 0.6 is 0 Å². The van der Waals surface area contributed by atoms with Gasteiger partial charge in [0.2, 0.25) is 0 Å². The van der Waals surface area contributed by atoms with E-state index in [1.807, 2.05) is 6.92 Å². The summed E-state index contributed by atoms with van der Waals surface area (Å²) in [4.78, 5) is 0. The molecule has 1 N–H and O–H groups in total. The van der Waals surface area contributed by atoms with Crippen LogP contribution in [0, 0.1) is 11.3 Å². The van der Waals surface area contributed by atoms with Gasteiger partial charge >= 0.3 is 6.18 Å². The SMILES string of the molecule is CCNCCOc1ccc(C(F)(F)F)cc1C#N. The first-order valence-electron chi connectivity index (χ1n) is 5.44. The Hall–Kier alpha value is -1.74. The van der Waals surface area contributed by atoms with E-state index in [4.69, 9.17) is 10.00 Å². The molecule has 0 unspecified atom stereocenters. The minimum absolute atomic E-state index is 0.110. The summed E-state index contributed by atoms with van der Waals surface area (Å²) in [5.41, 5.74) is -0.959. The van der Waals surface area contributed by atoms with Gasteiger partial charge < -0.3 is 10.1 Å². The molecule has 0 bridgehead atoms. The van der Waals surface area contributed by atoms with Gasteiger partial charge in [-0.2, -0.15) is 18.4 Å². The van der Waals surface area contributed by atoms with Crippen molar-refractivity contribution in [3.05, 3.63) is 29.3 Å². The first-order chi connectivity index (χ1) is 8.49. The van der Waals surface area contributed by atoms with Crippen LogP contribution in [0.15, 0.2) is 18.2 Å². The maximum atomic E-state index is 12.4. The molecule has 0 aliphatic carbocycles. The Labute approximate surface area is 103 Å². The number of likely N-dealkylation sites (N-methyl/N-ethyl adjacent to an activating group) is 1. The van der Waals surface area contributed by atoms with Gasteiger partial charge in [-0.15, -0.1) is 0 Å². The summed E-state index contributed by atoms with van der Waals surface area (Å²) in [6.07, 6.45) is -4.45. The van der Waals surface area contributed by atoms with Crippen molar-refractivity contribution in [2.24, 2.45) is 0 Å². The first-order valence-corrected chi connectivity index (χ1v) is 5.44. The zero-order valence-corrected chi connectivity index (χ0v) is 9.84. The second-order valence-electron chi connectivity index (χ2n) is 3.52. The molecule has 0 aromatic heterocycles. The lowest BCUT2D eigenvalue weighted by Gasteiger charge is -2.11. The van der Waals surface area contributed by atoms with Gasteiger partial charge in [0.25, 0.3) is 0 Å². The van der Waals surface area contributed by atoms with Crippen molar-refractivity contribution in [2.45, 2.75) is 13.1 Å². The van der Waals surface area contributed by atoms with Crippen LogP contribution in [0.4, 0.5) is 13.2 Å². The number of nitrogens with one attached hydrogen (secondary N) is 1. The summed E-state index contributed by atoms with van der Waals surface area (Å²) in [5, 5.41) is 11.8. The third-order valence-corrected chi connectivity index (χ3v) is 2.21. The Morgan fingerprint density at radius 1 is 1.39 bits per heavy atom. The van der Waals surface area contributed by atoms with Crippen LogP contribution in [0.5, 0.6) is 5.75 Å². The van der Waals surface area contributed by atoms with E-state index >= 15 is 0 Å². The molecular weight excluding hydrogens is 245 g/mol. The Bertz CT molecular complexity index is 438. The fourth-order valence-corrected chi connectivity index (χ4v) is 1.33. The van der Waals surface area contributed by atoms with Crippen LogP contribution in [0.25, 0.3) is 0 Å². The fourth-order valence-electron chi connectivity index (χ4n) is 1.33. The van der Waals surface area contributed by atoms with Crippen LogP contribution in [-0.4, -0.2) is 19.7 Å². The van der Waals surface area contributed by atoms with Crippen LogP contribution in [0.1, 0.15) is 18.1 Å². The molecule has 0 radical (unpaired) electrons. The Morgan fingerprint density at radius 3 is 2.67 bits per heavy atom. The molecular formula is C12H13F3N2O. The third kappa shape index (κ3) is 3.93. The smallest absolute Gasteiger partial charge is 0.416 e. The van der Waals surface area contributed by atoms with E-state index in [0.717, 1.165) is 18.7 Å². The Balaban J connectivity index is 2.79. The van der Waals surface area contributed by atoms with E-state index in [0.29, 0.717) is 13.2 Å². The van der Waals surface area contributed by atoms with Crippen LogP contribution < -0.4 is 10.1 Å². The van der Waals surface area contributed by atoms with E-state index in [1.54, 1.807) is 6.07 Å². The summed E-state index contributed by atoms with van der Waals surface area (Å²) in [7, 11) is 0. The highest BCUT2D eigenvalue weighted by Gasteiger charge is 2.31. The molecule has 0 saturated heterocycles. The monoisotopic (exact) mass is 258 g/mol. The van der Waals surface area contributed by atoms with E-state index < -0.39 is 11.7 Å². The molecule has 0 aliphatic rings. The molecule has 0 heterocycles. The van der Waals surface area contributed by atoms with E-state index in [-0.39, 0.29) is 11.3 Å². The minimum atomic E-state index is -4.45. The summed E-state index contributed by atoms with van der Waals surface area (Å²) in [6.45, 7) is 3.58. The molecule has 1 aromatic rings. The molecule has 18 heavy (non-hydrogen) atoms. The van der Waals surface area contributed by atoms with E-state index in [2.05, 4.69) is 5.32 Å². The second-order valence-corrected chi connectivity index (χ2v) is 3.52. The third-order valence-electron chi connectivity index (χ3n) is 2.21. The number of nitrogens with zero attached hydrogens (tertiary/aromatic N) is 1. The molecule has 0 aliphatic heterocycles. The number of rotatable bonds is 5. The van der Waals surface area contributed by atoms with Crippen molar-refractivity contribution in [3.63, 3.8) is 0 Å². The molecule has 1 aromatic carbocycles. The quantitative estimate of drug-likeness (QED) is 0.825. The molecule has 0 fully saturated rings. The van der Waals surface area contributed by atoms with Gasteiger partial charge in [0, 0.05) is 6.54 Å². The van der Waals surface area contributed by atoms with Crippen molar-refractivity contribution >= 4 is 0 Å². The zero-order chi connectivity index (χ0) is 13.6. The number of hydrogen-bond donors (Lipinski definition) is 1. The van der Waals surface area contributed by atoms with Crippen LogP contribution in [-0.2, 0) is 6.18 Å². The zero-order valence-electron chi connectivity index (χ0n) is 9.84. The molecule has 98 valence electrons. The summed E-state index contributed by atoms with van der Waals surface area (Å²) >= 11 is 0. The molecule has 3 nitrogen and oxygen atoms in total. The molecule has 0 amide bonds. The number of halogens is 3. The highest BCUT2D eigenvalue weighted by atomic mass is 19.4. The molecule has 0 spiro atoms. The van der Waals surface area contributed by atoms with Crippen LogP contribution in [0.3, 0.4) is 0 Å².